The monoisotopic (exact) mass is 406 g/mol. The predicted molar refractivity (Wildman–Crippen MR) is 114 cm³/mol. The number of benzene rings is 1. The third-order valence-electron chi connectivity index (χ3n) is 4.93. The fourth-order valence-electron chi connectivity index (χ4n) is 3.66. The first-order chi connectivity index (χ1) is 13.2. The molecule has 1 fully saturated rings. The number of ether oxygens (including phenoxy) is 2. The van der Waals surface area contributed by atoms with Gasteiger partial charge in [0.2, 0.25) is 0 Å². The van der Waals surface area contributed by atoms with E-state index in [2.05, 4.69) is 16.0 Å². The Bertz CT molecular complexity index is 735. The Hall–Kier alpha value is -2.06. The molecule has 0 radical (unpaired) electrons. The van der Waals surface area contributed by atoms with Crippen LogP contribution in [0.2, 0.25) is 0 Å². The third-order valence-corrected chi connectivity index (χ3v) is 5.15. The molecule has 3 rings (SSSR count). The summed E-state index contributed by atoms with van der Waals surface area (Å²) in [6.07, 6.45) is 2.80. The fourth-order valence-corrected chi connectivity index (χ4v) is 3.92. The van der Waals surface area contributed by atoms with Crippen LogP contribution in [0.25, 0.3) is 0 Å². The van der Waals surface area contributed by atoms with E-state index in [4.69, 9.17) is 27.4 Å². The molecule has 3 atom stereocenters. The first-order valence-electron chi connectivity index (χ1n) is 9.78. The molecule has 1 saturated carbocycles. The van der Waals surface area contributed by atoms with Gasteiger partial charge in [-0.05, 0) is 64.4 Å². The van der Waals surface area contributed by atoms with E-state index in [9.17, 15) is 4.79 Å². The third kappa shape index (κ3) is 5.48. The first-order valence-corrected chi connectivity index (χ1v) is 10.2. The van der Waals surface area contributed by atoms with E-state index in [0.29, 0.717) is 18.1 Å². The van der Waals surface area contributed by atoms with Gasteiger partial charge in [-0.1, -0.05) is 6.07 Å². The summed E-state index contributed by atoms with van der Waals surface area (Å²) in [5.74, 6) is 0.915. The quantitative estimate of drug-likeness (QED) is 0.573. The summed E-state index contributed by atoms with van der Waals surface area (Å²) >= 11 is 5.49. The molecule has 1 heterocycles. The normalized spacial score (nSPS) is 23.9. The van der Waals surface area contributed by atoms with Gasteiger partial charge in [-0.3, -0.25) is 0 Å². The van der Waals surface area contributed by atoms with Crippen molar-refractivity contribution in [3.63, 3.8) is 0 Å². The van der Waals surface area contributed by atoms with E-state index in [1.54, 1.807) is 0 Å². The zero-order valence-electron chi connectivity index (χ0n) is 16.7. The summed E-state index contributed by atoms with van der Waals surface area (Å²) in [6.45, 7) is 6.25. The van der Waals surface area contributed by atoms with E-state index in [-0.39, 0.29) is 18.1 Å². The lowest BCUT2D eigenvalue weighted by atomic mass is 9.87. The number of nitrogens with two attached hydrogens (primary N) is 1. The maximum atomic E-state index is 12.0. The lowest BCUT2D eigenvalue weighted by molar-refractivity contribution is 0.0487. The molecule has 0 aromatic heterocycles. The largest absolute Gasteiger partial charge is 0.493 e. The topological polar surface area (TPSA) is 97.6 Å². The molecule has 0 bridgehead atoms. The summed E-state index contributed by atoms with van der Waals surface area (Å²) in [6, 6.07) is 5.89. The molecule has 1 aromatic carbocycles. The van der Waals surface area contributed by atoms with Crippen LogP contribution in [0.3, 0.4) is 0 Å². The maximum Gasteiger partial charge on any atom is 0.407 e. The zero-order valence-corrected chi connectivity index (χ0v) is 17.5. The van der Waals surface area contributed by atoms with Crippen molar-refractivity contribution in [1.29, 1.82) is 0 Å². The van der Waals surface area contributed by atoms with Crippen molar-refractivity contribution < 1.29 is 14.3 Å². The number of nitrogens with one attached hydrogen (secondary N) is 3. The van der Waals surface area contributed by atoms with Crippen molar-refractivity contribution in [1.82, 2.24) is 10.6 Å². The standard InChI is InChI=1S/C20H30N4O3S/c1-20(2,3)27-19(25)22-12-7-8-16(14(21)11-12)24-18(28)23-15-5-4-6-17-13(15)9-10-26-17/h4-6,12,14,16H,7-11,21H2,1-3H3,(H,22,25)(H2,23,24,28)/t12-,14-,16+/m1/s1. The second-order valence-corrected chi connectivity index (χ2v) is 8.81. The van der Waals surface area contributed by atoms with Gasteiger partial charge in [-0.2, -0.15) is 0 Å². The van der Waals surface area contributed by atoms with E-state index >= 15 is 0 Å². The lowest BCUT2D eigenvalue weighted by Gasteiger charge is -2.35. The van der Waals surface area contributed by atoms with Gasteiger partial charge in [-0.15, -0.1) is 0 Å². The highest BCUT2D eigenvalue weighted by molar-refractivity contribution is 7.80. The number of fused-ring (bicyclic) bond motifs is 1. The van der Waals surface area contributed by atoms with Crippen molar-refractivity contribution in [3.05, 3.63) is 23.8 Å². The van der Waals surface area contributed by atoms with Gasteiger partial charge >= 0.3 is 6.09 Å². The van der Waals surface area contributed by atoms with Gasteiger partial charge in [-0.25, -0.2) is 4.79 Å². The molecule has 7 nitrogen and oxygen atoms in total. The minimum absolute atomic E-state index is 0.0129. The van der Waals surface area contributed by atoms with Crippen LogP contribution >= 0.6 is 12.2 Å². The number of amides is 1. The number of rotatable bonds is 3. The number of carbonyl (C=O) groups excluding carboxylic acids is 1. The molecule has 1 aromatic rings. The van der Waals surface area contributed by atoms with E-state index in [1.165, 1.54) is 0 Å². The van der Waals surface area contributed by atoms with E-state index in [1.807, 2.05) is 39.0 Å². The number of anilines is 1. The van der Waals surface area contributed by atoms with Crippen LogP contribution in [0.1, 0.15) is 45.6 Å². The SMILES string of the molecule is CC(C)(C)OC(=O)N[C@@H]1CC[C@H](NC(=S)Nc2cccc3c2CCO3)[C@H](N)C1. The summed E-state index contributed by atoms with van der Waals surface area (Å²) in [5.41, 5.74) is 7.96. The zero-order chi connectivity index (χ0) is 20.3. The number of thiocarbonyl (C=S) groups is 1. The van der Waals surface area contributed by atoms with Gasteiger partial charge in [0.1, 0.15) is 11.4 Å². The summed E-state index contributed by atoms with van der Waals surface area (Å²) < 4.78 is 10.9. The predicted octanol–water partition coefficient (Wildman–Crippen LogP) is 2.68. The Morgan fingerprint density at radius 3 is 2.79 bits per heavy atom. The van der Waals surface area contributed by atoms with Crippen molar-refractivity contribution in [2.24, 2.45) is 5.73 Å². The van der Waals surface area contributed by atoms with Crippen LogP contribution in [0.5, 0.6) is 5.75 Å². The van der Waals surface area contributed by atoms with Crippen molar-refractivity contribution in [3.8, 4) is 5.75 Å². The van der Waals surface area contributed by atoms with Crippen LogP contribution in [-0.4, -0.2) is 41.5 Å². The molecule has 1 aliphatic carbocycles. The molecular formula is C20H30N4O3S. The first kappa shape index (κ1) is 20.7. The molecule has 5 N–H and O–H groups in total. The fraction of sp³-hybridized carbons (Fsp3) is 0.600. The smallest absolute Gasteiger partial charge is 0.407 e. The van der Waals surface area contributed by atoms with Gasteiger partial charge in [0.15, 0.2) is 5.11 Å². The maximum absolute atomic E-state index is 12.0. The van der Waals surface area contributed by atoms with Crippen molar-refractivity contribution >= 4 is 29.1 Å². The van der Waals surface area contributed by atoms with Crippen molar-refractivity contribution in [2.75, 3.05) is 11.9 Å². The highest BCUT2D eigenvalue weighted by Gasteiger charge is 2.30. The minimum atomic E-state index is -0.508. The molecule has 1 amide bonds. The highest BCUT2D eigenvalue weighted by atomic mass is 32.1. The number of hydrogen-bond donors (Lipinski definition) is 4. The molecule has 0 spiro atoms. The lowest BCUT2D eigenvalue weighted by Crippen LogP contribution is -2.55. The number of alkyl carbamates (subject to hydrolysis) is 1. The van der Waals surface area contributed by atoms with Gasteiger partial charge in [0, 0.05) is 35.8 Å². The Kier molecular flexibility index (Phi) is 6.30. The molecule has 1 aliphatic heterocycles. The van der Waals surface area contributed by atoms with E-state index < -0.39 is 11.7 Å². The van der Waals surface area contributed by atoms with Gasteiger partial charge < -0.3 is 31.2 Å². The molecular weight excluding hydrogens is 376 g/mol. The molecule has 0 unspecified atom stereocenters. The van der Waals surface area contributed by atoms with Gasteiger partial charge in [0.05, 0.1) is 6.61 Å². The van der Waals surface area contributed by atoms with Crippen LogP contribution in [0, 0.1) is 0 Å². The summed E-state index contributed by atoms with van der Waals surface area (Å²) in [7, 11) is 0. The Balaban J connectivity index is 1.48. The average Bonchev–Trinajstić information content (AvgIpc) is 3.05. The molecule has 8 heteroatoms. The Morgan fingerprint density at radius 1 is 1.29 bits per heavy atom. The summed E-state index contributed by atoms with van der Waals surface area (Å²) in [5, 5.41) is 10.1. The van der Waals surface area contributed by atoms with Gasteiger partial charge in [0.25, 0.3) is 0 Å². The molecule has 0 saturated heterocycles. The Morgan fingerprint density at radius 2 is 2.07 bits per heavy atom. The van der Waals surface area contributed by atoms with Crippen LogP contribution < -0.4 is 26.4 Å². The van der Waals surface area contributed by atoms with Crippen LogP contribution in [0.15, 0.2) is 18.2 Å². The van der Waals surface area contributed by atoms with Crippen LogP contribution in [0.4, 0.5) is 10.5 Å². The van der Waals surface area contributed by atoms with E-state index in [0.717, 1.165) is 36.3 Å². The average molecular weight is 407 g/mol. The minimum Gasteiger partial charge on any atom is -0.493 e. The summed E-state index contributed by atoms with van der Waals surface area (Å²) in [4.78, 5) is 12.0. The highest BCUT2D eigenvalue weighted by Crippen LogP contribution is 2.31. The van der Waals surface area contributed by atoms with Crippen molar-refractivity contribution in [2.45, 2.75) is 70.2 Å². The number of hydrogen-bond acceptors (Lipinski definition) is 5. The second-order valence-electron chi connectivity index (χ2n) is 8.41. The Labute approximate surface area is 171 Å². The second kappa shape index (κ2) is 8.53. The van der Waals surface area contributed by atoms with Crippen LogP contribution in [-0.2, 0) is 11.2 Å². The number of carbonyl (C=O) groups is 1. The molecule has 28 heavy (non-hydrogen) atoms. The molecule has 154 valence electrons. The molecule has 2 aliphatic rings.